The van der Waals surface area contributed by atoms with Crippen LogP contribution in [-0.4, -0.2) is 41.6 Å². The van der Waals surface area contributed by atoms with E-state index < -0.39 is 15.3 Å². The van der Waals surface area contributed by atoms with Gasteiger partial charge in [-0.15, -0.1) is 15.7 Å². The molecule has 1 aromatic heterocycles. The zero-order valence-electron chi connectivity index (χ0n) is 17.1. The third kappa shape index (κ3) is 5.36. The molecule has 0 spiro atoms. The van der Waals surface area contributed by atoms with E-state index in [9.17, 15) is 18.0 Å². The minimum Gasteiger partial charge on any atom is -0.326 e. The zero-order valence-corrected chi connectivity index (χ0v) is 20.3. The van der Waals surface area contributed by atoms with Crippen LogP contribution in [0.2, 0.25) is 5.02 Å². The second-order valence-electron chi connectivity index (χ2n) is 7.65. The maximum absolute atomic E-state index is 13.3. The molecular weight excluding hydrogens is 490 g/mol. The highest BCUT2D eigenvalue weighted by Crippen LogP contribution is 2.36. The maximum Gasteiger partial charge on any atom is 0.294 e. The first-order valence-corrected chi connectivity index (χ1v) is 13.8. The van der Waals surface area contributed by atoms with Gasteiger partial charge >= 0.3 is 0 Å². The number of anilines is 1. The van der Waals surface area contributed by atoms with E-state index >= 15 is 0 Å². The SMILES string of the molecule is O=C(C[C@@H]1SC(=NS(=O)(=O)c2cccs2)N(C2CCCCC2)C1=O)Nc1ccc(Cl)cc1. The summed E-state index contributed by atoms with van der Waals surface area (Å²) in [6.07, 6.45) is 4.58. The number of hydrogen-bond donors (Lipinski definition) is 1. The van der Waals surface area contributed by atoms with Gasteiger partial charge in [-0.1, -0.05) is 48.7 Å². The molecule has 2 aliphatic rings. The van der Waals surface area contributed by atoms with Crippen LogP contribution < -0.4 is 5.32 Å². The third-order valence-corrected chi connectivity index (χ3v) is 9.51. The first-order chi connectivity index (χ1) is 15.3. The van der Waals surface area contributed by atoms with Crippen molar-refractivity contribution in [3.63, 3.8) is 0 Å². The van der Waals surface area contributed by atoms with E-state index in [0.717, 1.165) is 55.2 Å². The fourth-order valence-electron chi connectivity index (χ4n) is 3.83. The molecule has 0 unspecified atom stereocenters. The third-order valence-electron chi connectivity index (χ3n) is 5.35. The van der Waals surface area contributed by atoms with Crippen LogP contribution in [0, 0.1) is 0 Å². The number of carbonyl (C=O) groups is 2. The summed E-state index contributed by atoms with van der Waals surface area (Å²) in [6.45, 7) is 0. The summed E-state index contributed by atoms with van der Waals surface area (Å²) in [5, 5.41) is 4.43. The number of sulfonamides is 1. The number of thioether (sulfide) groups is 1. The molecule has 1 aliphatic carbocycles. The maximum atomic E-state index is 13.3. The number of amides is 2. The van der Waals surface area contributed by atoms with E-state index in [4.69, 9.17) is 11.6 Å². The van der Waals surface area contributed by atoms with E-state index in [1.165, 1.54) is 11.0 Å². The number of rotatable bonds is 6. The summed E-state index contributed by atoms with van der Waals surface area (Å²) < 4.78 is 29.7. The van der Waals surface area contributed by atoms with E-state index in [2.05, 4.69) is 9.71 Å². The molecule has 1 N–H and O–H groups in total. The molecular formula is C21H22ClN3O4S3. The van der Waals surface area contributed by atoms with E-state index in [1.54, 1.807) is 35.7 Å². The van der Waals surface area contributed by atoms with E-state index in [1.807, 2.05) is 0 Å². The largest absolute Gasteiger partial charge is 0.326 e. The van der Waals surface area contributed by atoms with Crippen LogP contribution in [0.4, 0.5) is 5.69 Å². The highest BCUT2D eigenvalue weighted by molar-refractivity contribution is 8.16. The number of hydrogen-bond acceptors (Lipinski definition) is 6. The van der Waals surface area contributed by atoms with Gasteiger partial charge in [0, 0.05) is 23.2 Å². The molecule has 4 rings (SSSR count). The number of nitrogens with one attached hydrogen (secondary N) is 1. The minimum absolute atomic E-state index is 0.0760. The normalized spacial score (nSPS) is 21.3. The first kappa shape index (κ1) is 23.3. The quantitative estimate of drug-likeness (QED) is 0.603. The van der Waals surface area contributed by atoms with Crippen molar-refractivity contribution in [2.75, 3.05) is 5.32 Å². The molecule has 1 atom stereocenters. The molecule has 2 aromatic rings. The predicted molar refractivity (Wildman–Crippen MR) is 129 cm³/mol. The molecule has 1 aromatic carbocycles. The van der Waals surface area contributed by atoms with Crippen molar-refractivity contribution in [3.05, 3.63) is 46.8 Å². The number of nitrogens with zero attached hydrogens (tertiary/aromatic N) is 2. The molecule has 0 radical (unpaired) electrons. The van der Waals surface area contributed by atoms with Gasteiger partial charge in [-0.05, 0) is 48.6 Å². The number of carbonyl (C=O) groups excluding carboxylic acids is 2. The van der Waals surface area contributed by atoms with Crippen LogP contribution in [0.25, 0.3) is 0 Å². The Bertz CT molecular complexity index is 1110. The topological polar surface area (TPSA) is 95.9 Å². The van der Waals surface area contributed by atoms with Gasteiger partial charge in [0.05, 0.1) is 0 Å². The fourth-order valence-corrected chi connectivity index (χ4v) is 7.32. The van der Waals surface area contributed by atoms with Crippen LogP contribution in [0.5, 0.6) is 0 Å². The lowest BCUT2D eigenvalue weighted by atomic mass is 9.94. The lowest BCUT2D eigenvalue weighted by molar-refractivity contribution is -0.130. The standard InChI is InChI=1S/C21H22ClN3O4S3/c22-14-8-10-15(11-9-14)23-18(26)13-17-20(27)25(16-5-2-1-3-6-16)21(31-17)24-32(28,29)19-7-4-12-30-19/h4,7-12,16-17H,1-3,5-6,13H2,(H,23,26)/t17-/m0/s1. The summed E-state index contributed by atoms with van der Waals surface area (Å²) in [6, 6.07) is 9.73. The minimum atomic E-state index is -3.92. The Morgan fingerprint density at radius 1 is 1.16 bits per heavy atom. The van der Waals surface area contributed by atoms with Crippen LogP contribution in [0.15, 0.2) is 50.4 Å². The molecule has 32 heavy (non-hydrogen) atoms. The molecule has 170 valence electrons. The summed E-state index contributed by atoms with van der Waals surface area (Å²) in [5.41, 5.74) is 0.577. The van der Waals surface area contributed by atoms with Gasteiger partial charge in [0.15, 0.2) is 5.17 Å². The van der Waals surface area contributed by atoms with Crippen LogP contribution in [0.3, 0.4) is 0 Å². The van der Waals surface area contributed by atoms with Crippen molar-refractivity contribution in [2.45, 2.75) is 54.0 Å². The van der Waals surface area contributed by atoms with Crippen LogP contribution >= 0.6 is 34.7 Å². The molecule has 2 fully saturated rings. The molecule has 2 heterocycles. The zero-order chi connectivity index (χ0) is 22.7. The highest BCUT2D eigenvalue weighted by Gasteiger charge is 2.43. The van der Waals surface area contributed by atoms with Crippen molar-refractivity contribution in [1.82, 2.24) is 4.90 Å². The van der Waals surface area contributed by atoms with Gasteiger partial charge in [0.1, 0.15) is 9.46 Å². The van der Waals surface area contributed by atoms with Crippen molar-refractivity contribution in [2.24, 2.45) is 4.40 Å². The lowest BCUT2D eigenvalue weighted by Gasteiger charge is -2.30. The van der Waals surface area contributed by atoms with Crippen molar-refractivity contribution in [3.8, 4) is 0 Å². The Kier molecular flexibility index (Phi) is 7.24. The Morgan fingerprint density at radius 2 is 1.88 bits per heavy atom. The predicted octanol–water partition coefficient (Wildman–Crippen LogP) is 4.75. The second kappa shape index (κ2) is 9.94. The van der Waals surface area contributed by atoms with Gasteiger partial charge in [0.25, 0.3) is 10.0 Å². The first-order valence-electron chi connectivity index (χ1n) is 10.3. The molecule has 0 bridgehead atoms. The van der Waals surface area contributed by atoms with Crippen molar-refractivity contribution >= 4 is 67.4 Å². The van der Waals surface area contributed by atoms with Crippen molar-refractivity contribution in [1.29, 1.82) is 0 Å². The number of thiophene rings is 1. The number of amidine groups is 1. The highest BCUT2D eigenvalue weighted by atomic mass is 35.5. The van der Waals surface area contributed by atoms with Crippen molar-refractivity contribution < 1.29 is 18.0 Å². The van der Waals surface area contributed by atoms with E-state index in [-0.39, 0.29) is 33.7 Å². The summed E-state index contributed by atoms with van der Waals surface area (Å²) in [5.74, 6) is -0.586. The average Bonchev–Trinajstić information content (AvgIpc) is 3.40. The molecule has 7 nitrogen and oxygen atoms in total. The van der Waals surface area contributed by atoms with Gasteiger partial charge in [-0.2, -0.15) is 8.42 Å². The van der Waals surface area contributed by atoms with Gasteiger partial charge in [-0.3, -0.25) is 14.5 Å². The molecule has 1 saturated heterocycles. The van der Waals surface area contributed by atoms with Gasteiger partial charge in [0.2, 0.25) is 11.8 Å². The Labute approximate surface area is 200 Å². The summed E-state index contributed by atoms with van der Waals surface area (Å²) >= 11 is 8.01. The Morgan fingerprint density at radius 3 is 2.53 bits per heavy atom. The average molecular weight is 512 g/mol. The summed E-state index contributed by atoms with van der Waals surface area (Å²) in [7, 11) is -3.92. The lowest BCUT2D eigenvalue weighted by Crippen LogP contribution is -2.42. The van der Waals surface area contributed by atoms with Gasteiger partial charge in [-0.25, -0.2) is 0 Å². The Balaban J connectivity index is 1.55. The molecule has 2 amide bonds. The smallest absolute Gasteiger partial charge is 0.294 e. The van der Waals surface area contributed by atoms with Gasteiger partial charge < -0.3 is 5.32 Å². The van der Waals surface area contributed by atoms with E-state index in [0.29, 0.717) is 10.7 Å². The second-order valence-corrected chi connectivity index (χ2v) is 12.0. The summed E-state index contributed by atoms with van der Waals surface area (Å²) in [4.78, 5) is 27.4. The molecule has 11 heteroatoms. The molecule has 1 aliphatic heterocycles. The number of halogens is 1. The van der Waals surface area contributed by atoms with Crippen LogP contribution in [-0.2, 0) is 19.6 Å². The fraction of sp³-hybridized carbons (Fsp3) is 0.381. The molecule has 1 saturated carbocycles. The number of benzene rings is 1. The Hall–Kier alpha value is -1.88. The monoisotopic (exact) mass is 511 g/mol. The van der Waals surface area contributed by atoms with Crippen LogP contribution in [0.1, 0.15) is 38.5 Å².